The van der Waals surface area contributed by atoms with E-state index in [9.17, 15) is 4.79 Å². The van der Waals surface area contributed by atoms with Gasteiger partial charge in [-0.25, -0.2) is 0 Å². The van der Waals surface area contributed by atoms with Crippen molar-refractivity contribution in [3.8, 4) is 0 Å². The summed E-state index contributed by atoms with van der Waals surface area (Å²) >= 11 is 0. The Morgan fingerprint density at radius 1 is 1.50 bits per heavy atom. The van der Waals surface area contributed by atoms with Gasteiger partial charge in [0.1, 0.15) is 0 Å². The predicted octanol–water partition coefficient (Wildman–Crippen LogP) is 1.07. The van der Waals surface area contributed by atoms with Crippen LogP contribution < -0.4 is 11.1 Å². The lowest BCUT2D eigenvalue weighted by Crippen LogP contribution is -2.39. The normalized spacial score (nSPS) is 20.4. The second-order valence-electron chi connectivity index (χ2n) is 4.50. The number of carbonyl (C=O) groups is 1. The number of nitrogens with one attached hydrogen (secondary N) is 1. The van der Waals surface area contributed by atoms with Crippen LogP contribution in [-0.2, 0) is 4.79 Å². The van der Waals surface area contributed by atoms with Crippen LogP contribution in [0.4, 0.5) is 0 Å². The molecule has 1 unspecified atom stereocenters. The van der Waals surface area contributed by atoms with Crippen molar-refractivity contribution >= 4 is 11.7 Å². The largest absolute Gasteiger partial charge is 0.409 e. The lowest BCUT2D eigenvalue weighted by Gasteiger charge is -2.22. The van der Waals surface area contributed by atoms with Gasteiger partial charge in [0.25, 0.3) is 0 Å². The molecule has 0 heterocycles. The Hall–Kier alpha value is -1.26. The average molecular weight is 227 g/mol. The van der Waals surface area contributed by atoms with Gasteiger partial charge in [-0.1, -0.05) is 24.4 Å². The Morgan fingerprint density at radius 2 is 2.12 bits per heavy atom. The summed E-state index contributed by atoms with van der Waals surface area (Å²) < 4.78 is 0. The first-order valence-electron chi connectivity index (χ1n) is 5.90. The molecular weight excluding hydrogens is 206 g/mol. The smallest absolute Gasteiger partial charge is 0.230 e. The number of nitrogens with two attached hydrogens (primary N) is 1. The van der Waals surface area contributed by atoms with Gasteiger partial charge in [-0.3, -0.25) is 4.79 Å². The third-order valence-electron chi connectivity index (χ3n) is 3.24. The van der Waals surface area contributed by atoms with E-state index in [2.05, 4.69) is 10.5 Å². The van der Waals surface area contributed by atoms with E-state index in [4.69, 9.17) is 10.9 Å². The van der Waals surface area contributed by atoms with Gasteiger partial charge in [-0.2, -0.15) is 0 Å². The lowest BCUT2D eigenvalue weighted by molar-refractivity contribution is -0.122. The fourth-order valence-corrected chi connectivity index (χ4v) is 2.01. The Labute approximate surface area is 96.1 Å². The first kappa shape index (κ1) is 12.8. The Bertz CT molecular complexity index is 260. The van der Waals surface area contributed by atoms with Crippen molar-refractivity contribution < 1.29 is 10.0 Å². The molecule has 5 heteroatoms. The molecule has 1 rings (SSSR count). The van der Waals surface area contributed by atoms with Crippen LogP contribution in [0, 0.1) is 11.8 Å². The minimum absolute atomic E-state index is 0.0406. The van der Waals surface area contributed by atoms with E-state index in [-0.39, 0.29) is 11.7 Å². The van der Waals surface area contributed by atoms with Crippen LogP contribution in [0.2, 0.25) is 0 Å². The van der Waals surface area contributed by atoms with E-state index in [1.165, 1.54) is 32.1 Å². The van der Waals surface area contributed by atoms with Crippen LogP contribution >= 0.6 is 0 Å². The monoisotopic (exact) mass is 227 g/mol. The molecule has 1 fully saturated rings. The minimum atomic E-state index is -0.561. The zero-order valence-corrected chi connectivity index (χ0v) is 9.78. The summed E-state index contributed by atoms with van der Waals surface area (Å²) in [6.07, 6.45) is 6.22. The van der Waals surface area contributed by atoms with Crippen molar-refractivity contribution in [2.75, 3.05) is 6.54 Å². The van der Waals surface area contributed by atoms with Crippen LogP contribution in [0.5, 0.6) is 0 Å². The maximum absolute atomic E-state index is 11.6. The highest BCUT2D eigenvalue weighted by Crippen LogP contribution is 2.22. The van der Waals surface area contributed by atoms with Crippen LogP contribution in [0.25, 0.3) is 0 Å². The molecule has 0 aromatic heterocycles. The van der Waals surface area contributed by atoms with Crippen molar-refractivity contribution in [1.29, 1.82) is 0 Å². The molecule has 0 aromatic rings. The van der Waals surface area contributed by atoms with E-state index >= 15 is 0 Å². The number of hydrogen-bond acceptors (Lipinski definition) is 3. The maximum atomic E-state index is 11.6. The van der Waals surface area contributed by atoms with Crippen molar-refractivity contribution in [2.45, 2.75) is 39.0 Å². The van der Waals surface area contributed by atoms with Crippen LogP contribution in [-0.4, -0.2) is 23.5 Å². The van der Waals surface area contributed by atoms with E-state index in [1.807, 2.05) is 0 Å². The van der Waals surface area contributed by atoms with Crippen molar-refractivity contribution in [1.82, 2.24) is 5.32 Å². The fraction of sp³-hybridized carbons (Fsp3) is 0.818. The van der Waals surface area contributed by atoms with Gasteiger partial charge in [0.2, 0.25) is 5.91 Å². The van der Waals surface area contributed by atoms with Crippen LogP contribution in [0.1, 0.15) is 39.0 Å². The topological polar surface area (TPSA) is 87.7 Å². The van der Waals surface area contributed by atoms with Gasteiger partial charge in [0.05, 0.1) is 5.92 Å². The molecule has 4 N–H and O–H groups in total. The molecule has 1 amide bonds. The Balaban J connectivity index is 2.28. The first-order valence-corrected chi connectivity index (χ1v) is 5.90. The molecule has 5 nitrogen and oxygen atoms in total. The SMILES string of the molecule is CC(C(=O)NCC1CCCCC1)C(N)=NO. The number of hydrogen-bond donors (Lipinski definition) is 3. The third-order valence-corrected chi connectivity index (χ3v) is 3.24. The number of carbonyl (C=O) groups excluding carboxylic acids is 1. The van der Waals surface area contributed by atoms with Gasteiger partial charge in [-0.15, -0.1) is 0 Å². The quantitative estimate of drug-likeness (QED) is 0.290. The fourth-order valence-electron chi connectivity index (χ4n) is 2.01. The molecule has 0 bridgehead atoms. The highest BCUT2D eigenvalue weighted by molar-refractivity contribution is 6.01. The minimum Gasteiger partial charge on any atom is -0.409 e. The van der Waals surface area contributed by atoms with Crippen molar-refractivity contribution in [2.24, 2.45) is 22.7 Å². The molecule has 0 aliphatic heterocycles. The van der Waals surface area contributed by atoms with Gasteiger partial charge < -0.3 is 16.3 Å². The van der Waals surface area contributed by atoms with Gasteiger partial charge in [-0.05, 0) is 25.7 Å². The van der Waals surface area contributed by atoms with Gasteiger partial charge >= 0.3 is 0 Å². The summed E-state index contributed by atoms with van der Waals surface area (Å²) in [5.74, 6) is -0.173. The van der Waals surface area contributed by atoms with Crippen molar-refractivity contribution in [3.05, 3.63) is 0 Å². The zero-order valence-electron chi connectivity index (χ0n) is 9.78. The molecule has 1 atom stereocenters. The zero-order chi connectivity index (χ0) is 12.0. The highest BCUT2D eigenvalue weighted by atomic mass is 16.4. The summed E-state index contributed by atoms with van der Waals surface area (Å²) in [5, 5.41) is 14.1. The Kier molecular flexibility index (Phi) is 5.08. The standard InChI is InChI=1S/C11H21N3O2/c1-8(10(12)14-16)11(15)13-7-9-5-3-2-4-6-9/h8-9,16H,2-7H2,1H3,(H2,12,14)(H,13,15). The molecule has 1 aliphatic carbocycles. The molecule has 0 radical (unpaired) electrons. The van der Waals surface area contributed by atoms with Gasteiger partial charge in [0, 0.05) is 6.54 Å². The third kappa shape index (κ3) is 3.72. The summed E-state index contributed by atoms with van der Waals surface area (Å²) in [6.45, 7) is 2.34. The second-order valence-corrected chi connectivity index (χ2v) is 4.50. The summed E-state index contributed by atoms with van der Waals surface area (Å²) in [6, 6.07) is 0. The number of nitrogens with zero attached hydrogens (tertiary/aromatic N) is 1. The number of rotatable bonds is 4. The molecule has 1 aliphatic rings. The molecule has 0 aromatic carbocycles. The Morgan fingerprint density at radius 3 is 2.69 bits per heavy atom. The number of oxime groups is 1. The molecule has 0 spiro atoms. The van der Waals surface area contributed by atoms with E-state index < -0.39 is 5.92 Å². The average Bonchev–Trinajstić information content (AvgIpc) is 2.35. The second kappa shape index (κ2) is 6.35. The molecule has 1 saturated carbocycles. The van der Waals surface area contributed by atoms with Crippen LogP contribution in [0.15, 0.2) is 5.16 Å². The van der Waals surface area contributed by atoms with E-state index in [0.29, 0.717) is 12.5 Å². The summed E-state index contributed by atoms with van der Waals surface area (Å²) in [4.78, 5) is 11.6. The number of amides is 1. The lowest BCUT2D eigenvalue weighted by atomic mass is 9.89. The van der Waals surface area contributed by atoms with E-state index in [0.717, 1.165) is 0 Å². The number of amidine groups is 1. The van der Waals surface area contributed by atoms with Crippen molar-refractivity contribution in [3.63, 3.8) is 0 Å². The maximum Gasteiger partial charge on any atom is 0.230 e. The summed E-state index contributed by atoms with van der Waals surface area (Å²) in [7, 11) is 0. The predicted molar refractivity (Wildman–Crippen MR) is 62.2 cm³/mol. The molecule has 0 saturated heterocycles. The van der Waals surface area contributed by atoms with Crippen LogP contribution in [0.3, 0.4) is 0 Å². The molecular formula is C11H21N3O2. The summed E-state index contributed by atoms with van der Waals surface area (Å²) in [5.41, 5.74) is 5.37. The molecule has 92 valence electrons. The highest BCUT2D eigenvalue weighted by Gasteiger charge is 2.19. The molecule has 16 heavy (non-hydrogen) atoms. The van der Waals surface area contributed by atoms with Gasteiger partial charge in [0.15, 0.2) is 5.84 Å². The van der Waals surface area contributed by atoms with E-state index in [1.54, 1.807) is 6.92 Å². The first-order chi connectivity index (χ1) is 7.65.